The fourth-order valence-electron chi connectivity index (χ4n) is 1.70. The third-order valence-electron chi connectivity index (χ3n) is 2.41. The van der Waals surface area contributed by atoms with Crippen LogP contribution in [0.1, 0.15) is 5.56 Å². The largest absolute Gasteiger partial charge is 0.481 e. The zero-order chi connectivity index (χ0) is 12.4. The van der Waals surface area contributed by atoms with Crippen molar-refractivity contribution in [3.8, 4) is 0 Å². The van der Waals surface area contributed by atoms with Crippen molar-refractivity contribution in [1.29, 1.82) is 0 Å². The van der Waals surface area contributed by atoms with E-state index in [1.54, 1.807) is 18.2 Å². The topological polar surface area (TPSA) is 93.3 Å². The maximum absolute atomic E-state index is 10.8. The number of carboxylic acids is 1. The van der Waals surface area contributed by atoms with Crippen LogP contribution in [0.15, 0.2) is 30.6 Å². The number of nitro groups is 1. The first kappa shape index (κ1) is 11.0. The van der Waals surface area contributed by atoms with Crippen LogP contribution >= 0.6 is 0 Å². The second-order valence-corrected chi connectivity index (χ2v) is 3.50. The minimum Gasteiger partial charge on any atom is -0.481 e. The summed E-state index contributed by atoms with van der Waals surface area (Å²) in [6, 6.07) is 4.82. The monoisotopic (exact) mass is 232 g/mol. The Morgan fingerprint density at radius 1 is 1.35 bits per heavy atom. The van der Waals surface area contributed by atoms with E-state index < -0.39 is 10.9 Å². The average Bonchev–Trinajstić information content (AvgIpc) is 2.28. The maximum Gasteiger partial charge on any atom is 0.307 e. The van der Waals surface area contributed by atoms with Crippen LogP contribution in [0.25, 0.3) is 10.8 Å². The molecule has 0 radical (unpaired) electrons. The third-order valence-corrected chi connectivity index (χ3v) is 2.41. The van der Waals surface area contributed by atoms with Gasteiger partial charge in [-0.1, -0.05) is 12.1 Å². The number of aliphatic carboxylic acids is 1. The van der Waals surface area contributed by atoms with E-state index in [0.29, 0.717) is 16.3 Å². The molecular weight excluding hydrogens is 224 g/mol. The molecule has 0 bridgehead atoms. The van der Waals surface area contributed by atoms with E-state index in [2.05, 4.69) is 4.98 Å². The summed E-state index contributed by atoms with van der Waals surface area (Å²) >= 11 is 0. The molecule has 2 rings (SSSR count). The summed E-state index contributed by atoms with van der Waals surface area (Å²) in [5.74, 6) is -0.982. The Hall–Kier alpha value is -2.50. The van der Waals surface area contributed by atoms with Crippen molar-refractivity contribution < 1.29 is 14.8 Å². The van der Waals surface area contributed by atoms with Gasteiger partial charge in [0.1, 0.15) is 6.20 Å². The Kier molecular flexibility index (Phi) is 2.70. The summed E-state index contributed by atoms with van der Waals surface area (Å²) in [6.07, 6.45) is 2.42. The summed E-state index contributed by atoms with van der Waals surface area (Å²) in [6.45, 7) is 0. The molecule has 1 aromatic heterocycles. The van der Waals surface area contributed by atoms with Gasteiger partial charge in [0.15, 0.2) is 0 Å². The highest BCUT2D eigenvalue weighted by molar-refractivity contribution is 5.93. The molecular formula is C11H8N2O4. The molecule has 0 aliphatic carbocycles. The Bertz CT molecular complexity index is 609. The van der Waals surface area contributed by atoms with Crippen LogP contribution in [0.4, 0.5) is 5.69 Å². The molecule has 6 nitrogen and oxygen atoms in total. The quantitative estimate of drug-likeness (QED) is 0.642. The summed E-state index contributed by atoms with van der Waals surface area (Å²) in [4.78, 5) is 24.7. The van der Waals surface area contributed by atoms with Gasteiger partial charge in [-0.25, -0.2) is 0 Å². The van der Waals surface area contributed by atoms with Gasteiger partial charge >= 0.3 is 5.97 Å². The van der Waals surface area contributed by atoms with Gasteiger partial charge in [-0.3, -0.25) is 19.9 Å². The summed E-state index contributed by atoms with van der Waals surface area (Å²) < 4.78 is 0. The molecule has 1 N–H and O–H groups in total. The fourth-order valence-corrected chi connectivity index (χ4v) is 1.70. The van der Waals surface area contributed by atoms with Crippen LogP contribution in [-0.2, 0) is 11.2 Å². The Labute approximate surface area is 95.7 Å². The predicted molar refractivity (Wildman–Crippen MR) is 59.7 cm³/mol. The second-order valence-electron chi connectivity index (χ2n) is 3.50. The van der Waals surface area contributed by atoms with E-state index in [0.717, 1.165) is 6.20 Å². The first-order chi connectivity index (χ1) is 8.09. The molecule has 0 atom stereocenters. The van der Waals surface area contributed by atoms with Crippen LogP contribution < -0.4 is 0 Å². The molecule has 0 saturated carbocycles. The molecule has 0 amide bonds. The van der Waals surface area contributed by atoms with Crippen molar-refractivity contribution in [3.05, 3.63) is 46.3 Å². The third kappa shape index (κ3) is 2.05. The molecule has 17 heavy (non-hydrogen) atoms. The van der Waals surface area contributed by atoms with Gasteiger partial charge in [-0.05, 0) is 11.6 Å². The molecule has 86 valence electrons. The minimum absolute atomic E-state index is 0.116. The zero-order valence-corrected chi connectivity index (χ0v) is 8.66. The lowest BCUT2D eigenvalue weighted by Gasteiger charge is -2.03. The Morgan fingerprint density at radius 2 is 2.12 bits per heavy atom. The lowest BCUT2D eigenvalue weighted by Crippen LogP contribution is -2.01. The van der Waals surface area contributed by atoms with Gasteiger partial charge in [-0.2, -0.15) is 0 Å². The predicted octanol–water partition coefficient (Wildman–Crippen LogP) is 1.77. The smallest absolute Gasteiger partial charge is 0.307 e. The number of pyridine rings is 1. The average molecular weight is 232 g/mol. The number of hydrogen-bond acceptors (Lipinski definition) is 4. The minimum atomic E-state index is -0.982. The van der Waals surface area contributed by atoms with Gasteiger partial charge < -0.3 is 5.11 Å². The fraction of sp³-hybridized carbons (Fsp3) is 0.0909. The molecule has 0 aliphatic rings. The maximum atomic E-state index is 10.8. The lowest BCUT2D eigenvalue weighted by atomic mass is 10.0. The first-order valence-electron chi connectivity index (χ1n) is 4.81. The standard InChI is InChI=1S/C11H8N2O4/c14-11(15)4-7-2-1-3-8-9(7)5-12-6-10(8)13(16)17/h1-3,5-6H,4H2,(H,14,15). The Balaban J connectivity index is 2.69. The summed E-state index contributed by atoms with van der Waals surface area (Å²) in [5.41, 5.74) is 0.404. The van der Waals surface area contributed by atoms with Crippen LogP contribution in [0.3, 0.4) is 0 Å². The van der Waals surface area contributed by atoms with E-state index in [1.165, 1.54) is 6.20 Å². The number of rotatable bonds is 3. The van der Waals surface area contributed by atoms with E-state index in [1.807, 2.05) is 0 Å². The van der Waals surface area contributed by atoms with Crippen molar-refractivity contribution in [2.24, 2.45) is 0 Å². The lowest BCUT2D eigenvalue weighted by molar-refractivity contribution is -0.383. The van der Waals surface area contributed by atoms with Gasteiger partial charge in [0.2, 0.25) is 0 Å². The zero-order valence-electron chi connectivity index (χ0n) is 8.66. The molecule has 0 spiro atoms. The van der Waals surface area contributed by atoms with Crippen molar-refractivity contribution in [2.45, 2.75) is 6.42 Å². The van der Waals surface area contributed by atoms with Crippen LogP contribution in [0.2, 0.25) is 0 Å². The summed E-state index contributed by atoms with van der Waals surface area (Å²) in [7, 11) is 0. The van der Waals surface area contributed by atoms with Crippen LogP contribution in [-0.4, -0.2) is 21.0 Å². The number of benzene rings is 1. The highest BCUT2D eigenvalue weighted by Crippen LogP contribution is 2.26. The van der Waals surface area contributed by atoms with Gasteiger partial charge in [0, 0.05) is 11.6 Å². The SMILES string of the molecule is O=C(O)Cc1cccc2c([N+](=O)[O-])cncc12. The van der Waals surface area contributed by atoms with Gasteiger partial charge in [0.05, 0.1) is 16.7 Å². The number of aromatic nitrogens is 1. The molecule has 6 heteroatoms. The van der Waals surface area contributed by atoms with Crippen molar-refractivity contribution in [3.63, 3.8) is 0 Å². The van der Waals surface area contributed by atoms with E-state index in [-0.39, 0.29) is 12.1 Å². The number of hydrogen-bond donors (Lipinski definition) is 1. The number of carboxylic acid groups (broad SMARTS) is 1. The molecule has 0 fully saturated rings. The molecule has 1 aromatic carbocycles. The second kappa shape index (κ2) is 4.17. The van der Waals surface area contributed by atoms with Crippen LogP contribution in [0.5, 0.6) is 0 Å². The highest BCUT2D eigenvalue weighted by Gasteiger charge is 2.14. The van der Waals surface area contributed by atoms with E-state index >= 15 is 0 Å². The van der Waals surface area contributed by atoms with Crippen molar-refractivity contribution in [2.75, 3.05) is 0 Å². The van der Waals surface area contributed by atoms with E-state index in [4.69, 9.17) is 5.11 Å². The van der Waals surface area contributed by atoms with Gasteiger partial charge in [-0.15, -0.1) is 0 Å². The van der Waals surface area contributed by atoms with Crippen molar-refractivity contribution >= 4 is 22.4 Å². The summed E-state index contributed by atoms with van der Waals surface area (Å²) in [5, 5.41) is 20.5. The molecule has 2 aromatic rings. The normalized spacial score (nSPS) is 10.4. The van der Waals surface area contributed by atoms with Crippen molar-refractivity contribution in [1.82, 2.24) is 4.98 Å². The van der Waals surface area contributed by atoms with Crippen LogP contribution in [0, 0.1) is 10.1 Å². The molecule has 1 heterocycles. The van der Waals surface area contributed by atoms with E-state index in [9.17, 15) is 14.9 Å². The number of nitrogens with zero attached hydrogens (tertiary/aromatic N) is 2. The van der Waals surface area contributed by atoms with Gasteiger partial charge in [0.25, 0.3) is 5.69 Å². The first-order valence-corrected chi connectivity index (χ1v) is 4.81. The Morgan fingerprint density at radius 3 is 2.76 bits per heavy atom. The molecule has 0 saturated heterocycles. The highest BCUT2D eigenvalue weighted by atomic mass is 16.6. The molecule has 0 unspecified atom stereocenters. The number of fused-ring (bicyclic) bond motifs is 1. The molecule has 0 aliphatic heterocycles. The number of carbonyl (C=O) groups is 1.